The molecule has 2 N–H and O–H groups in total. The lowest BCUT2D eigenvalue weighted by Gasteiger charge is -2.09. The Labute approximate surface area is 190 Å². The molecule has 0 fully saturated rings. The van der Waals surface area contributed by atoms with Crippen molar-refractivity contribution in [3.63, 3.8) is 0 Å². The van der Waals surface area contributed by atoms with Crippen molar-refractivity contribution < 1.29 is 9.53 Å². The van der Waals surface area contributed by atoms with E-state index < -0.39 is 11.2 Å². The SMILES string of the molecule is COc1ccc(Cn2c(=O)[nH]c3cc(C(=O)NCCc4ccc(C)cc4)ccc3c2=O)cc1. The predicted octanol–water partition coefficient (Wildman–Crippen LogP) is 3.03. The summed E-state index contributed by atoms with van der Waals surface area (Å²) in [6, 6.07) is 20.0. The van der Waals surface area contributed by atoms with Gasteiger partial charge in [-0.25, -0.2) is 4.79 Å². The number of carbonyl (C=O) groups excluding carboxylic acids is 1. The van der Waals surface area contributed by atoms with E-state index in [0.29, 0.717) is 35.2 Å². The highest BCUT2D eigenvalue weighted by molar-refractivity contribution is 5.97. The van der Waals surface area contributed by atoms with Gasteiger partial charge >= 0.3 is 5.69 Å². The number of carbonyl (C=O) groups is 1. The maximum absolute atomic E-state index is 12.9. The Morgan fingerprint density at radius 2 is 1.67 bits per heavy atom. The number of rotatable bonds is 7. The number of ether oxygens (including phenoxy) is 1. The molecule has 0 radical (unpaired) electrons. The first-order valence-corrected chi connectivity index (χ1v) is 10.7. The van der Waals surface area contributed by atoms with E-state index >= 15 is 0 Å². The lowest BCUT2D eigenvalue weighted by Crippen LogP contribution is -2.35. The molecule has 3 aromatic carbocycles. The highest BCUT2D eigenvalue weighted by atomic mass is 16.5. The van der Waals surface area contributed by atoms with Crippen LogP contribution in [-0.2, 0) is 13.0 Å². The summed E-state index contributed by atoms with van der Waals surface area (Å²) >= 11 is 0. The lowest BCUT2D eigenvalue weighted by molar-refractivity contribution is 0.0954. The van der Waals surface area contributed by atoms with Crippen molar-refractivity contribution in [2.24, 2.45) is 0 Å². The van der Waals surface area contributed by atoms with Crippen molar-refractivity contribution in [2.75, 3.05) is 13.7 Å². The number of benzene rings is 3. The summed E-state index contributed by atoms with van der Waals surface area (Å²) in [6.07, 6.45) is 0.715. The fourth-order valence-corrected chi connectivity index (χ4v) is 3.63. The smallest absolute Gasteiger partial charge is 0.329 e. The van der Waals surface area contributed by atoms with Crippen LogP contribution < -0.4 is 21.3 Å². The van der Waals surface area contributed by atoms with Gasteiger partial charge in [0.1, 0.15) is 5.75 Å². The molecule has 0 spiro atoms. The Bertz CT molecular complexity index is 1400. The maximum atomic E-state index is 12.9. The first kappa shape index (κ1) is 22.1. The lowest BCUT2D eigenvalue weighted by atomic mass is 10.1. The van der Waals surface area contributed by atoms with Gasteiger partial charge in [0.05, 0.1) is 24.6 Å². The zero-order valence-electron chi connectivity index (χ0n) is 18.6. The Morgan fingerprint density at radius 3 is 2.36 bits per heavy atom. The van der Waals surface area contributed by atoms with Crippen molar-refractivity contribution in [3.05, 3.63) is 110 Å². The molecule has 1 amide bonds. The average molecular weight is 444 g/mol. The molecule has 0 atom stereocenters. The molecule has 168 valence electrons. The number of nitrogens with one attached hydrogen (secondary N) is 2. The molecule has 1 heterocycles. The number of hydrogen-bond acceptors (Lipinski definition) is 4. The number of hydrogen-bond donors (Lipinski definition) is 2. The number of aromatic nitrogens is 2. The molecule has 7 nitrogen and oxygen atoms in total. The van der Waals surface area contributed by atoms with Crippen LogP contribution in [0.25, 0.3) is 10.9 Å². The Balaban J connectivity index is 1.50. The summed E-state index contributed by atoms with van der Waals surface area (Å²) in [7, 11) is 1.58. The van der Waals surface area contributed by atoms with E-state index in [2.05, 4.69) is 10.3 Å². The number of fused-ring (bicyclic) bond motifs is 1. The second-order valence-electron chi connectivity index (χ2n) is 7.92. The van der Waals surface area contributed by atoms with E-state index in [4.69, 9.17) is 4.74 Å². The summed E-state index contributed by atoms with van der Waals surface area (Å²) in [4.78, 5) is 40.8. The Hall–Kier alpha value is -4.13. The van der Waals surface area contributed by atoms with Gasteiger partial charge in [0.25, 0.3) is 11.5 Å². The molecular formula is C26H25N3O4. The topological polar surface area (TPSA) is 93.2 Å². The zero-order chi connectivity index (χ0) is 23.4. The molecule has 0 saturated heterocycles. The van der Waals surface area contributed by atoms with Crippen LogP contribution in [0.1, 0.15) is 27.0 Å². The molecule has 0 saturated carbocycles. The molecule has 7 heteroatoms. The minimum atomic E-state index is -0.528. The molecule has 33 heavy (non-hydrogen) atoms. The van der Waals surface area contributed by atoms with E-state index in [-0.39, 0.29) is 12.5 Å². The maximum Gasteiger partial charge on any atom is 0.329 e. The molecule has 0 bridgehead atoms. The van der Waals surface area contributed by atoms with Crippen LogP contribution in [0.2, 0.25) is 0 Å². The summed E-state index contributed by atoms with van der Waals surface area (Å²) in [5.41, 5.74) is 2.91. The normalized spacial score (nSPS) is 10.8. The van der Waals surface area contributed by atoms with Crippen LogP contribution in [-0.4, -0.2) is 29.1 Å². The van der Waals surface area contributed by atoms with Gasteiger partial charge in [-0.2, -0.15) is 0 Å². The van der Waals surface area contributed by atoms with Gasteiger partial charge in [0, 0.05) is 12.1 Å². The van der Waals surface area contributed by atoms with E-state index in [9.17, 15) is 14.4 Å². The van der Waals surface area contributed by atoms with Gasteiger partial charge < -0.3 is 15.0 Å². The van der Waals surface area contributed by atoms with Gasteiger partial charge in [-0.3, -0.25) is 14.2 Å². The molecule has 1 aromatic heterocycles. The quantitative estimate of drug-likeness (QED) is 0.459. The van der Waals surface area contributed by atoms with Gasteiger partial charge in [0.15, 0.2) is 0 Å². The van der Waals surface area contributed by atoms with Crippen molar-refractivity contribution in [1.29, 1.82) is 0 Å². The first-order valence-electron chi connectivity index (χ1n) is 10.7. The highest BCUT2D eigenvalue weighted by Crippen LogP contribution is 2.13. The van der Waals surface area contributed by atoms with Crippen molar-refractivity contribution in [3.8, 4) is 5.75 Å². The van der Waals surface area contributed by atoms with Crippen LogP contribution >= 0.6 is 0 Å². The summed E-state index contributed by atoms with van der Waals surface area (Å²) in [6.45, 7) is 2.65. The van der Waals surface area contributed by atoms with Crippen LogP contribution in [0.15, 0.2) is 76.3 Å². The highest BCUT2D eigenvalue weighted by Gasteiger charge is 2.12. The van der Waals surface area contributed by atoms with E-state index in [1.165, 1.54) is 11.6 Å². The molecule has 0 aliphatic heterocycles. The fourth-order valence-electron chi connectivity index (χ4n) is 3.63. The van der Waals surface area contributed by atoms with Gasteiger partial charge in [-0.1, -0.05) is 42.0 Å². The number of amides is 1. The van der Waals surface area contributed by atoms with Crippen molar-refractivity contribution >= 4 is 16.8 Å². The molecule has 0 aliphatic carbocycles. The standard InChI is InChI=1S/C26H25N3O4/c1-17-3-5-18(6-4-17)13-14-27-24(30)20-9-12-22-23(15-20)28-26(32)29(25(22)31)16-19-7-10-21(33-2)11-8-19/h3-12,15H,13-14,16H2,1-2H3,(H,27,30)(H,28,32). The largest absolute Gasteiger partial charge is 0.497 e. The van der Waals surface area contributed by atoms with Crippen LogP contribution in [0.5, 0.6) is 5.75 Å². The van der Waals surface area contributed by atoms with Crippen molar-refractivity contribution in [2.45, 2.75) is 19.9 Å². The molecular weight excluding hydrogens is 418 g/mol. The van der Waals surface area contributed by atoms with Gasteiger partial charge in [-0.05, 0) is 54.8 Å². The summed E-state index contributed by atoms with van der Waals surface area (Å²) < 4.78 is 6.28. The Kier molecular flexibility index (Phi) is 6.40. The van der Waals surface area contributed by atoms with E-state index in [0.717, 1.165) is 15.7 Å². The third-order valence-corrected chi connectivity index (χ3v) is 5.56. The number of H-pyrrole nitrogens is 1. The van der Waals surface area contributed by atoms with Crippen LogP contribution in [0, 0.1) is 6.92 Å². The van der Waals surface area contributed by atoms with Gasteiger partial charge in [-0.15, -0.1) is 0 Å². The van der Waals surface area contributed by atoms with E-state index in [1.54, 1.807) is 43.5 Å². The zero-order valence-corrected chi connectivity index (χ0v) is 18.6. The second kappa shape index (κ2) is 9.56. The average Bonchev–Trinajstić information content (AvgIpc) is 2.83. The molecule has 0 unspecified atom stereocenters. The predicted molar refractivity (Wildman–Crippen MR) is 128 cm³/mol. The molecule has 0 aliphatic rings. The third kappa shape index (κ3) is 5.03. The van der Waals surface area contributed by atoms with Gasteiger partial charge in [0.2, 0.25) is 0 Å². The van der Waals surface area contributed by atoms with Crippen LogP contribution in [0.3, 0.4) is 0 Å². The summed E-state index contributed by atoms with van der Waals surface area (Å²) in [5.74, 6) is 0.440. The minimum absolute atomic E-state index is 0.134. The van der Waals surface area contributed by atoms with E-state index in [1.807, 2.05) is 31.2 Å². The Morgan fingerprint density at radius 1 is 0.970 bits per heavy atom. The third-order valence-electron chi connectivity index (χ3n) is 5.56. The molecule has 4 rings (SSSR count). The molecule has 4 aromatic rings. The monoisotopic (exact) mass is 443 g/mol. The number of methoxy groups -OCH3 is 1. The fraction of sp³-hybridized carbons (Fsp3) is 0.192. The number of aromatic amines is 1. The second-order valence-corrected chi connectivity index (χ2v) is 7.92. The summed E-state index contributed by atoms with van der Waals surface area (Å²) in [5, 5.41) is 3.23. The first-order chi connectivity index (χ1) is 15.9. The number of aryl methyl sites for hydroxylation is 1. The van der Waals surface area contributed by atoms with Crippen LogP contribution in [0.4, 0.5) is 0 Å². The minimum Gasteiger partial charge on any atom is -0.497 e. The van der Waals surface area contributed by atoms with Crippen molar-refractivity contribution in [1.82, 2.24) is 14.9 Å². The number of nitrogens with zero attached hydrogens (tertiary/aromatic N) is 1.